The van der Waals surface area contributed by atoms with Gasteiger partial charge in [-0.3, -0.25) is 9.59 Å². The van der Waals surface area contributed by atoms with E-state index in [-0.39, 0.29) is 29.5 Å². The number of aryl methyl sites for hydroxylation is 1. The van der Waals surface area contributed by atoms with Crippen LogP contribution in [-0.2, 0) is 11.2 Å². The van der Waals surface area contributed by atoms with Crippen molar-refractivity contribution in [1.29, 1.82) is 0 Å². The molecule has 1 saturated heterocycles. The molecule has 3 rings (SSSR count). The van der Waals surface area contributed by atoms with Crippen LogP contribution in [0.15, 0.2) is 35.1 Å². The van der Waals surface area contributed by atoms with Gasteiger partial charge in [0.2, 0.25) is 11.7 Å². The number of hydrogen-bond donors (Lipinski definition) is 2. The summed E-state index contributed by atoms with van der Waals surface area (Å²) in [7, 11) is 1.97. The Bertz CT molecular complexity index is 837. The molecule has 8 heteroatoms. The lowest BCUT2D eigenvalue weighted by Crippen LogP contribution is -2.42. The third-order valence-electron chi connectivity index (χ3n) is 5.21. The topological polar surface area (TPSA) is 87.5 Å². The molecule has 2 heterocycles. The Morgan fingerprint density at radius 3 is 2.69 bits per heavy atom. The second-order valence-electron chi connectivity index (χ2n) is 7.60. The van der Waals surface area contributed by atoms with Gasteiger partial charge in [-0.2, -0.15) is 0 Å². The van der Waals surface area contributed by atoms with E-state index in [0.29, 0.717) is 30.4 Å². The van der Waals surface area contributed by atoms with Crippen molar-refractivity contribution in [3.8, 4) is 0 Å². The van der Waals surface area contributed by atoms with Crippen molar-refractivity contribution in [1.82, 2.24) is 20.5 Å². The Labute approximate surface area is 175 Å². The Morgan fingerprint density at radius 2 is 2.00 bits per heavy atom. The molecule has 156 valence electrons. The molecule has 0 saturated carbocycles. The number of amides is 2. The first kappa shape index (κ1) is 21.3. The molecule has 0 aliphatic carbocycles. The molecule has 2 aromatic rings. The molecular weight excluding hydrogens is 392 g/mol. The number of benzene rings is 1. The molecule has 29 heavy (non-hydrogen) atoms. The molecule has 2 amide bonds. The van der Waals surface area contributed by atoms with E-state index >= 15 is 0 Å². The highest BCUT2D eigenvalue weighted by Crippen LogP contribution is 2.17. The van der Waals surface area contributed by atoms with E-state index in [1.165, 1.54) is 6.39 Å². The summed E-state index contributed by atoms with van der Waals surface area (Å²) in [6.45, 7) is 3.68. The molecule has 2 atom stereocenters. The van der Waals surface area contributed by atoms with Crippen LogP contribution in [0.25, 0.3) is 0 Å². The van der Waals surface area contributed by atoms with Crippen LogP contribution < -0.4 is 10.6 Å². The van der Waals surface area contributed by atoms with Gasteiger partial charge in [0, 0.05) is 30.7 Å². The summed E-state index contributed by atoms with van der Waals surface area (Å²) >= 11 is 5.90. The van der Waals surface area contributed by atoms with Crippen LogP contribution in [-0.4, -0.2) is 54.4 Å². The van der Waals surface area contributed by atoms with Gasteiger partial charge in [0.1, 0.15) is 0 Å². The third-order valence-corrected chi connectivity index (χ3v) is 5.46. The lowest BCUT2D eigenvalue weighted by molar-refractivity contribution is -0.125. The van der Waals surface area contributed by atoms with Gasteiger partial charge in [-0.1, -0.05) is 23.7 Å². The minimum Gasteiger partial charge on any atom is -0.438 e. The number of nitrogens with one attached hydrogen (secondary N) is 2. The Balaban J connectivity index is 1.47. The predicted molar refractivity (Wildman–Crippen MR) is 111 cm³/mol. The van der Waals surface area contributed by atoms with Gasteiger partial charge in [0.15, 0.2) is 6.39 Å². The normalized spacial score (nSPS) is 20.1. The molecule has 1 aliphatic heterocycles. The van der Waals surface area contributed by atoms with E-state index in [2.05, 4.69) is 20.5 Å². The van der Waals surface area contributed by atoms with Crippen molar-refractivity contribution in [3.63, 3.8) is 0 Å². The molecule has 1 fully saturated rings. The Kier molecular flexibility index (Phi) is 7.28. The van der Waals surface area contributed by atoms with Crippen molar-refractivity contribution >= 4 is 23.4 Å². The molecule has 0 radical (unpaired) electrons. The highest BCUT2D eigenvalue weighted by atomic mass is 35.5. The van der Waals surface area contributed by atoms with E-state index in [4.69, 9.17) is 16.0 Å². The zero-order valence-corrected chi connectivity index (χ0v) is 17.5. The highest BCUT2D eigenvalue weighted by Gasteiger charge is 2.28. The summed E-state index contributed by atoms with van der Waals surface area (Å²) in [5.41, 5.74) is 1.71. The molecule has 1 aromatic heterocycles. The van der Waals surface area contributed by atoms with E-state index in [1.54, 1.807) is 6.92 Å². The third kappa shape index (κ3) is 6.05. The summed E-state index contributed by atoms with van der Waals surface area (Å²) in [4.78, 5) is 31.1. The molecular formula is C21H27ClN4O3. The van der Waals surface area contributed by atoms with Crippen molar-refractivity contribution in [2.45, 2.75) is 32.2 Å². The second-order valence-corrected chi connectivity index (χ2v) is 8.04. The zero-order valence-electron chi connectivity index (χ0n) is 16.8. The molecule has 2 N–H and O–H groups in total. The molecule has 0 spiro atoms. The molecule has 0 unspecified atom stereocenters. The summed E-state index contributed by atoms with van der Waals surface area (Å²) in [5.74, 6) is -0.0549. The Morgan fingerprint density at radius 1 is 1.24 bits per heavy atom. The quantitative estimate of drug-likeness (QED) is 0.752. The first-order valence-electron chi connectivity index (χ1n) is 9.84. The van der Waals surface area contributed by atoms with E-state index in [1.807, 2.05) is 31.3 Å². The van der Waals surface area contributed by atoms with Gasteiger partial charge in [0.25, 0.3) is 5.91 Å². The van der Waals surface area contributed by atoms with Crippen LogP contribution in [0.3, 0.4) is 0 Å². The van der Waals surface area contributed by atoms with Gasteiger partial charge >= 0.3 is 0 Å². The molecule has 1 aliphatic rings. The maximum Gasteiger partial charge on any atom is 0.289 e. The molecule has 0 bridgehead atoms. The van der Waals surface area contributed by atoms with Crippen LogP contribution in [0, 0.1) is 12.8 Å². The SMILES string of the molecule is Cc1ncoc1C(=O)N[C@H]1CC[C@@H](C(=O)NCCc2ccc(Cl)cc2)CN(C)C1. The number of likely N-dealkylation sites (N-methyl/N-ethyl adjacent to an activating group) is 1. The second kappa shape index (κ2) is 9.89. The van der Waals surface area contributed by atoms with Crippen LogP contribution in [0.1, 0.15) is 34.7 Å². The average Bonchev–Trinajstić information content (AvgIpc) is 3.03. The number of carbonyl (C=O) groups excluding carboxylic acids is 2. The smallest absolute Gasteiger partial charge is 0.289 e. The minimum atomic E-state index is -0.260. The monoisotopic (exact) mass is 418 g/mol. The maximum atomic E-state index is 12.6. The lowest BCUT2D eigenvalue weighted by Gasteiger charge is -2.21. The van der Waals surface area contributed by atoms with Crippen LogP contribution in [0.5, 0.6) is 0 Å². The number of halogens is 1. The number of oxazole rings is 1. The fourth-order valence-electron chi connectivity index (χ4n) is 3.64. The van der Waals surface area contributed by atoms with E-state index in [0.717, 1.165) is 24.8 Å². The standard InChI is InChI=1S/C21H27ClN4O3/c1-14-19(29-13-24-14)21(28)25-18-8-5-16(11-26(2)12-18)20(27)23-10-9-15-3-6-17(22)7-4-15/h3-4,6-7,13,16,18H,5,8-12H2,1-2H3,(H,23,27)(H,25,28)/t16-,18+/m1/s1. The van der Waals surface area contributed by atoms with Crippen molar-refractivity contribution < 1.29 is 14.0 Å². The fourth-order valence-corrected chi connectivity index (χ4v) is 3.77. The van der Waals surface area contributed by atoms with Crippen molar-refractivity contribution in [3.05, 3.63) is 52.7 Å². The van der Waals surface area contributed by atoms with Crippen molar-refractivity contribution in [2.75, 3.05) is 26.7 Å². The van der Waals surface area contributed by atoms with E-state index < -0.39 is 0 Å². The number of hydrogen-bond acceptors (Lipinski definition) is 5. The lowest BCUT2D eigenvalue weighted by atomic mass is 10.0. The zero-order chi connectivity index (χ0) is 20.8. The van der Waals surface area contributed by atoms with Gasteiger partial charge < -0.3 is 20.0 Å². The minimum absolute atomic E-state index is 0.0381. The highest BCUT2D eigenvalue weighted by molar-refractivity contribution is 6.30. The van der Waals surface area contributed by atoms with Crippen LogP contribution >= 0.6 is 11.6 Å². The number of carbonyl (C=O) groups is 2. The summed E-state index contributed by atoms with van der Waals surface area (Å²) in [5, 5.41) is 6.75. The van der Waals surface area contributed by atoms with Gasteiger partial charge in [-0.05, 0) is 50.9 Å². The molecule has 1 aromatic carbocycles. The summed E-state index contributed by atoms with van der Waals surface area (Å²) in [6, 6.07) is 7.61. The molecule has 7 nitrogen and oxygen atoms in total. The first-order valence-corrected chi connectivity index (χ1v) is 10.2. The number of rotatable bonds is 6. The maximum absolute atomic E-state index is 12.6. The van der Waals surface area contributed by atoms with Gasteiger partial charge in [0.05, 0.1) is 11.6 Å². The largest absolute Gasteiger partial charge is 0.438 e. The van der Waals surface area contributed by atoms with Crippen LogP contribution in [0.2, 0.25) is 5.02 Å². The van der Waals surface area contributed by atoms with Crippen LogP contribution in [0.4, 0.5) is 0 Å². The van der Waals surface area contributed by atoms with Crippen molar-refractivity contribution in [2.24, 2.45) is 5.92 Å². The number of nitrogens with zero attached hydrogens (tertiary/aromatic N) is 2. The number of aromatic nitrogens is 1. The Hall–Kier alpha value is -2.38. The van der Waals surface area contributed by atoms with Gasteiger partial charge in [-0.25, -0.2) is 4.98 Å². The predicted octanol–water partition coefficient (Wildman–Crippen LogP) is 2.44. The van der Waals surface area contributed by atoms with Gasteiger partial charge in [-0.15, -0.1) is 0 Å². The van der Waals surface area contributed by atoms with E-state index in [9.17, 15) is 9.59 Å². The number of likely N-dealkylation sites (tertiary alicyclic amines) is 1. The first-order chi connectivity index (χ1) is 13.9. The fraction of sp³-hybridized carbons (Fsp3) is 0.476. The summed E-state index contributed by atoms with van der Waals surface area (Å²) < 4.78 is 5.16. The summed E-state index contributed by atoms with van der Waals surface area (Å²) in [6.07, 6.45) is 3.49. The average molecular weight is 419 g/mol.